The minimum atomic E-state index is -0.0327. The van der Waals surface area contributed by atoms with Crippen LogP contribution in [0.3, 0.4) is 0 Å². The Morgan fingerprint density at radius 2 is 1.82 bits per heavy atom. The van der Waals surface area contributed by atoms with Gasteiger partial charge < -0.3 is 10.1 Å². The van der Waals surface area contributed by atoms with Gasteiger partial charge in [0.05, 0.1) is 12.8 Å². The number of benzene rings is 3. The molecule has 0 saturated heterocycles. The monoisotopic (exact) mass is 388 g/mol. The molecule has 0 bridgehead atoms. The molecule has 0 unspecified atom stereocenters. The van der Waals surface area contributed by atoms with Crippen LogP contribution in [0.2, 0.25) is 0 Å². The Kier molecular flexibility index (Phi) is 5.35. The van der Waals surface area contributed by atoms with Gasteiger partial charge in [-0.1, -0.05) is 54.6 Å². The summed E-state index contributed by atoms with van der Waals surface area (Å²) < 4.78 is 5.15. The summed E-state index contributed by atoms with van der Waals surface area (Å²) in [5, 5.41) is 7.87. The summed E-state index contributed by atoms with van der Waals surface area (Å²) in [5.41, 5.74) is 3.06. The minimum Gasteiger partial charge on any atom is -0.497 e. The van der Waals surface area contributed by atoms with E-state index in [4.69, 9.17) is 4.74 Å². The number of rotatable bonds is 6. The number of carbonyl (C=O) groups is 1. The van der Waals surface area contributed by atoms with Crippen LogP contribution >= 0.6 is 11.3 Å². The molecule has 0 aliphatic rings. The summed E-state index contributed by atoms with van der Waals surface area (Å²) >= 11 is 1.45. The highest BCUT2D eigenvalue weighted by Gasteiger charge is 2.10. The summed E-state index contributed by atoms with van der Waals surface area (Å²) in [6.07, 6.45) is 1.09. The Bertz CT molecular complexity index is 1100. The minimum absolute atomic E-state index is 0.0327. The Morgan fingerprint density at radius 1 is 1.04 bits per heavy atom. The molecule has 3 aromatic carbocycles. The highest BCUT2D eigenvalue weighted by atomic mass is 32.1. The lowest BCUT2D eigenvalue weighted by Gasteiger charge is -2.05. The van der Waals surface area contributed by atoms with Crippen molar-refractivity contribution in [1.29, 1.82) is 0 Å². The van der Waals surface area contributed by atoms with Gasteiger partial charge in [0, 0.05) is 17.4 Å². The fourth-order valence-electron chi connectivity index (χ4n) is 3.14. The van der Waals surface area contributed by atoms with E-state index in [9.17, 15) is 4.79 Å². The Morgan fingerprint density at radius 3 is 2.64 bits per heavy atom. The van der Waals surface area contributed by atoms with Crippen molar-refractivity contribution in [3.63, 3.8) is 0 Å². The molecule has 140 valence electrons. The predicted octanol–water partition coefficient (Wildman–Crippen LogP) is 5.54. The number of anilines is 1. The first-order valence-corrected chi connectivity index (χ1v) is 9.97. The van der Waals surface area contributed by atoms with Crippen LogP contribution in [0.1, 0.15) is 12.0 Å². The second-order valence-electron chi connectivity index (χ2n) is 6.46. The van der Waals surface area contributed by atoms with Gasteiger partial charge in [0.15, 0.2) is 5.13 Å². The molecule has 5 heteroatoms. The SMILES string of the molecule is COc1ccc(CCC(=O)Nc2nc(-c3cccc4ccccc34)cs2)cc1. The summed E-state index contributed by atoms with van der Waals surface area (Å²) in [6, 6.07) is 22.2. The first kappa shape index (κ1) is 18.2. The lowest BCUT2D eigenvalue weighted by atomic mass is 10.0. The number of aryl methyl sites for hydroxylation is 1. The van der Waals surface area contributed by atoms with Crippen LogP contribution in [0.4, 0.5) is 5.13 Å². The first-order chi connectivity index (χ1) is 13.7. The molecule has 0 fully saturated rings. The molecule has 1 aromatic heterocycles. The Balaban J connectivity index is 1.42. The molecular weight excluding hydrogens is 368 g/mol. The largest absolute Gasteiger partial charge is 0.497 e. The van der Waals surface area contributed by atoms with Crippen molar-refractivity contribution in [2.75, 3.05) is 12.4 Å². The van der Waals surface area contributed by atoms with Gasteiger partial charge in [-0.15, -0.1) is 11.3 Å². The number of nitrogens with zero attached hydrogens (tertiary/aromatic N) is 1. The summed E-state index contributed by atoms with van der Waals surface area (Å²) in [7, 11) is 1.64. The van der Waals surface area contributed by atoms with E-state index in [1.165, 1.54) is 16.7 Å². The van der Waals surface area contributed by atoms with Gasteiger partial charge in [0.25, 0.3) is 0 Å². The van der Waals surface area contributed by atoms with E-state index in [2.05, 4.69) is 34.6 Å². The van der Waals surface area contributed by atoms with Gasteiger partial charge in [-0.3, -0.25) is 4.79 Å². The van der Waals surface area contributed by atoms with Crippen molar-refractivity contribution < 1.29 is 9.53 Å². The topological polar surface area (TPSA) is 51.2 Å². The Labute approximate surface area is 167 Å². The molecule has 0 atom stereocenters. The van der Waals surface area contributed by atoms with Crippen LogP contribution in [0.5, 0.6) is 5.75 Å². The van der Waals surface area contributed by atoms with Crippen molar-refractivity contribution in [1.82, 2.24) is 4.98 Å². The van der Waals surface area contributed by atoms with Crippen LogP contribution in [0.15, 0.2) is 72.1 Å². The maximum Gasteiger partial charge on any atom is 0.226 e. The highest BCUT2D eigenvalue weighted by Crippen LogP contribution is 2.31. The van der Waals surface area contributed by atoms with Crippen LogP contribution < -0.4 is 10.1 Å². The van der Waals surface area contributed by atoms with Gasteiger partial charge in [0.1, 0.15) is 5.75 Å². The van der Waals surface area contributed by atoms with Crippen molar-refractivity contribution in [3.8, 4) is 17.0 Å². The molecule has 4 nitrogen and oxygen atoms in total. The van der Waals surface area contributed by atoms with Crippen molar-refractivity contribution >= 4 is 33.1 Å². The normalized spacial score (nSPS) is 10.8. The average Bonchev–Trinajstić information content (AvgIpc) is 3.20. The van der Waals surface area contributed by atoms with Gasteiger partial charge >= 0.3 is 0 Å². The second-order valence-corrected chi connectivity index (χ2v) is 7.32. The summed E-state index contributed by atoms with van der Waals surface area (Å²) in [6.45, 7) is 0. The molecule has 0 spiro atoms. The first-order valence-electron chi connectivity index (χ1n) is 9.09. The third-order valence-corrected chi connectivity index (χ3v) is 5.37. The van der Waals surface area contributed by atoms with Crippen LogP contribution in [0, 0.1) is 0 Å². The quantitative estimate of drug-likeness (QED) is 0.472. The molecule has 0 aliphatic carbocycles. The molecule has 4 aromatic rings. The van der Waals surface area contributed by atoms with Gasteiger partial charge in [-0.05, 0) is 34.9 Å². The molecule has 28 heavy (non-hydrogen) atoms. The lowest BCUT2D eigenvalue weighted by molar-refractivity contribution is -0.116. The van der Waals surface area contributed by atoms with Crippen LogP contribution in [-0.2, 0) is 11.2 Å². The third-order valence-electron chi connectivity index (χ3n) is 4.62. The van der Waals surface area contributed by atoms with E-state index >= 15 is 0 Å². The summed E-state index contributed by atoms with van der Waals surface area (Å²) in [4.78, 5) is 16.9. The Hall–Kier alpha value is -3.18. The molecule has 1 amide bonds. The lowest BCUT2D eigenvalue weighted by Crippen LogP contribution is -2.12. The van der Waals surface area contributed by atoms with Crippen LogP contribution in [0.25, 0.3) is 22.0 Å². The predicted molar refractivity (Wildman–Crippen MR) is 115 cm³/mol. The zero-order chi connectivity index (χ0) is 19.3. The van der Waals surface area contributed by atoms with E-state index in [-0.39, 0.29) is 5.91 Å². The van der Waals surface area contributed by atoms with Gasteiger partial charge in [0.2, 0.25) is 5.91 Å². The van der Waals surface area contributed by atoms with Crippen LogP contribution in [-0.4, -0.2) is 18.0 Å². The number of hydrogen-bond donors (Lipinski definition) is 1. The van der Waals surface area contributed by atoms with Gasteiger partial charge in [-0.25, -0.2) is 4.98 Å². The van der Waals surface area contributed by atoms with E-state index < -0.39 is 0 Å². The van der Waals surface area contributed by atoms with E-state index in [0.29, 0.717) is 18.0 Å². The maximum absolute atomic E-state index is 12.3. The average molecular weight is 388 g/mol. The molecule has 0 aliphatic heterocycles. The fraction of sp³-hybridized carbons (Fsp3) is 0.130. The number of fused-ring (bicyclic) bond motifs is 1. The highest BCUT2D eigenvalue weighted by molar-refractivity contribution is 7.14. The zero-order valence-electron chi connectivity index (χ0n) is 15.5. The maximum atomic E-state index is 12.3. The van der Waals surface area contributed by atoms with E-state index in [1.807, 2.05) is 47.8 Å². The third kappa shape index (κ3) is 4.05. The smallest absolute Gasteiger partial charge is 0.226 e. The molecule has 0 saturated carbocycles. The second kappa shape index (κ2) is 8.23. The van der Waals surface area contributed by atoms with E-state index in [0.717, 1.165) is 28.0 Å². The number of carbonyl (C=O) groups excluding carboxylic acids is 1. The van der Waals surface area contributed by atoms with Crippen molar-refractivity contribution in [3.05, 3.63) is 77.7 Å². The van der Waals surface area contributed by atoms with Crippen molar-refractivity contribution in [2.45, 2.75) is 12.8 Å². The number of ether oxygens (including phenoxy) is 1. The molecule has 0 radical (unpaired) electrons. The number of methoxy groups -OCH3 is 1. The van der Waals surface area contributed by atoms with Crippen molar-refractivity contribution in [2.24, 2.45) is 0 Å². The number of amides is 1. The molecule has 1 N–H and O–H groups in total. The standard InChI is InChI=1S/C23H20N2O2S/c1-27-18-12-9-16(10-13-18)11-14-22(26)25-23-24-21(15-28-23)20-8-4-6-17-5-2-3-7-19(17)20/h2-10,12-13,15H,11,14H2,1H3,(H,24,25,26). The molecule has 1 heterocycles. The van der Waals surface area contributed by atoms with Gasteiger partial charge in [-0.2, -0.15) is 0 Å². The van der Waals surface area contributed by atoms with E-state index in [1.54, 1.807) is 7.11 Å². The molecule has 4 rings (SSSR count). The number of nitrogens with one attached hydrogen (secondary N) is 1. The summed E-state index contributed by atoms with van der Waals surface area (Å²) in [5.74, 6) is 0.784. The number of hydrogen-bond acceptors (Lipinski definition) is 4. The fourth-order valence-corrected chi connectivity index (χ4v) is 3.86. The zero-order valence-corrected chi connectivity index (χ0v) is 16.3. The molecular formula is C23H20N2O2S. The number of aromatic nitrogens is 1. The number of thiazole rings is 1.